The van der Waals surface area contributed by atoms with Gasteiger partial charge in [-0.1, -0.05) is 11.6 Å². The van der Waals surface area contributed by atoms with Gasteiger partial charge in [0.15, 0.2) is 20.8 Å². The van der Waals surface area contributed by atoms with Crippen LogP contribution in [0.4, 0.5) is 5.82 Å². The minimum atomic E-state index is -2.86. The normalized spacial score (nSPS) is 25.1. The summed E-state index contributed by atoms with van der Waals surface area (Å²) in [6, 6.07) is -0.0820. The Bertz CT molecular complexity index is 430. The number of aromatic nitrogens is 2. The Kier molecular flexibility index (Phi) is 2.63. The van der Waals surface area contributed by atoms with Crippen molar-refractivity contribution in [3.8, 4) is 0 Å². The molecule has 5 nitrogen and oxygen atoms in total. The molecule has 1 aromatic heterocycles. The molecule has 0 radical (unpaired) electrons. The highest BCUT2D eigenvalue weighted by molar-refractivity contribution is 7.91. The van der Waals surface area contributed by atoms with E-state index < -0.39 is 9.84 Å². The van der Waals surface area contributed by atoms with Crippen LogP contribution in [0.5, 0.6) is 0 Å². The van der Waals surface area contributed by atoms with Gasteiger partial charge in [0.2, 0.25) is 0 Å². The Balaban J connectivity index is 2.04. The predicted molar refractivity (Wildman–Crippen MR) is 55.6 cm³/mol. The SMILES string of the molecule is O=S1(=O)CCC(Nc2nsnc2Cl)C1. The van der Waals surface area contributed by atoms with Crippen LogP contribution in [0.25, 0.3) is 0 Å². The van der Waals surface area contributed by atoms with Crippen molar-refractivity contribution >= 4 is 39.0 Å². The summed E-state index contributed by atoms with van der Waals surface area (Å²) in [6.45, 7) is 0. The van der Waals surface area contributed by atoms with Gasteiger partial charge in [-0.15, -0.1) is 0 Å². The molecule has 1 fully saturated rings. The fourth-order valence-corrected chi connectivity index (χ4v) is 3.70. The van der Waals surface area contributed by atoms with Crippen LogP contribution in [0, 0.1) is 0 Å². The van der Waals surface area contributed by atoms with Crippen molar-refractivity contribution in [2.45, 2.75) is 12.5 Å². The number of hydrogen-bond donors (Lipinski definition) is 1. The van der Waals surface area contributed by atoms with E-state index in [4.69, 9.17) is 11.6 Å². The third-order valence-electron chi connectivity index (χ3n) is 2.02. The molecule has 8 heteroatoms. The summed E-state index contributed by atoms with van der Waals surface area (Å²) in [7, 11) is -2.86. The average Bonchev–Trinajstić information content (AvgIpc) is 2.61. The Morgan fingerprint density at radius 2 is 2.29 bits per heavy atom. The van der Waals surface area contributed by atoms with Gasteiger partial charge in [0.1, 0.15) is 0 Å². The lowest BCUT2D eigenvalue weighted by Gasteiger charge is -2.08. The standard InChI is InChI=1S/C6H8ClN3O2S2/c7-5-6(10-13-9-5)8-4-1-2-14(11,12)3-4/h4H,1-3H2,(H,8,10). The molecule has 2 heterocycles. The van der Waals surface area contributed by atoms with Crippen molar-refractivity contribution in [1.82, 2.24) is 8.75 Å². The Hall–Kier alpha value is -0.400. The molecule has 0 amide bonds. The van der Waals surface area contributed by atoms with Gasteiger partial charge in [0, 0.05) is 6.04 Å². The first-order chi connectivity index (χ1) is 6.57. The first-order valence-electron chi connectivity index (χ1n) is 4.02. The molecular formula is C6H8ClN3O2S2. The molecule has 0 bridgehead atoms. The zero-order valence-corrected chi connectivity index (χ0v) is 9.49. The highest BCUT2D eigenvalue weighted by Gasteiger charge is 2.28. The molecule has 0 aliphatic carbocycles. The fourth-order valence-electron chi connectivity index (χ4n) is 1.37. The molecule has 0 spiro atoms. The van der Waals surface area contributed by atoms with Crippen molar-refractivity contribution in [2.24, 2.45) is 0 Å². The summed E-state index contributed by atoms with van der Waals surface area (Å²) in [4.78, 5) is 0. The molecule has 0 saturated carbocycles. The van der Waals surface area contributed by atoms with Gasteiger partial charge in [-0.3, -0.25) is 0 Å². The number of rotatable bonds is 2. The zero-order valence-electron chi connectivity index (χ0n) is 7.10. The van der Waals surface area contributed by atoms with Gasteiger partial charge < -0.3 is 5.32 Å². The van der Waals surface area contributed by atoms with Crippen LogP contribution >= 0.6 is 23.3 Å². The Morgan fingerprint density at radius 1 is 1.50 bits per heavy atom. The highest BCUT2D eigenvalue weighted by atomic mass is 35.5. The fraction of sp³-hybridized carbons (Fsp3) is 0.667. The van der Waals surface area contributed by atoms with Gasteiger partial charge in [-0.2, -0.15) is 8.75 Å². The van der Waals surface area contributed by atoms with Crippen molar-refractivity contribution in [3.63, 3.8) is 0 Å². The molecule has 1 saturated heterocycles. The average molecular weight is 254 g/mol. The van der Waals surface area contributed by atoms with Gasteiger partial charge in [-0.05, 0) is 6.42 Å². The second-order valence-corrected chi connectivity index (χ2v) is 6.26. The number of sulfone groups is 1. The number of nitrogens with zero attached hydrogens (tertiary/aromatic N) is 2. The topological polar surface area (TPSA) is 72.0 Å². The van der Waals surface area contributed by atoms with Crippen molar-refractivity contribution < 1.29 is 8.42 Å². The first kappa shape index (κ1) is 10.1. The lowest BCUT2D eigenvalue weighted by Crippen LogP contribution is -2.20. The second kappa shape index (κ2) is 3.63. The summed E-state index contributed by atoms with van der Waals surface area (Å²) >= 11 is 6.72. The third kappa shape index (κ3) is 2.15. The quantitative estimate of drug-likeness (QED) is 0.844. The van der Waals surface area contributed by atoms with E-state index in [9.17, 15) is 8.42 Å². The summed E-state index contributed by atoms with van der Waals surface area (Å²) in [6.07, 6.45) is 0.607. The number of halogens is 1. The van der Waals surface area contributed by atoms with Crippen LogP contribution in [-0.4, -0.2) is 34.7 Å². The minimum absolute atomic E-state index is 0.0820. The number of anilines is 1. The van der Waals surface area contributed by atoms with E-state index in [-0.39, 0.29) is 17.5 Å². The summed E-state index contributed by atoms with van der Waals surface area (Å²) in [5, 5.41) is 3.28. The van der Waals surface area contributed by atoms with Crippen LogP contribution in [0.3, 0.4) is 0 Å². The molecule has 2 rings (SSSR count). The van der Waals surface area contributed by atoms with E-state index in [2.05, 4.69) is 14.1 Å². The van der Waals surface area contributed by atoms with Gasteiger partial charge in [0.25, 0.3) is 0 Å². The maximum Gasteiger partial charge on any atom is 0.186 e. The third-order valence-corrected chi connectivity index (χ3v) is 4.68. The van der Waals surface area contributed by atoms with Crippen LogP contribution < -0.4 is 5.32 Å². The smallest absolute Gasteiger partial charge is 0.186 e. The van der Waals surface area contributed by atoms with E-state index in [1.807, 2.05) is 0 Å². The highest BCUT2D eigenvalue weighted by Crippen LogP contribution is 2.22. The molecule has 1 N–H and O–H groups in total. The second-order valence-electron chi connectivity index (χ2n) is 3.15. The molecular weight excluding hydrogens is 246 g/mol. The maximum atomic E-state index is 11.1. The molecule has 1 unspecified atom stereocenters. The molecule has 14 heavy (non-hydrogen) atoms. The molecule has 1 atom stereocenters. The van der Waals surface area contributed by atoms with Gasteiger partial charge >= 0.3 is 0 Å². The lowest BCUT2D eigenvalue weighted by atomic mass is 10.3. The van der Waals surface area contributed by atoms with E-state index in [0.717, 1.165) is 11.7 Å². The van der Waals surface area contributed by atoms with E-state index in [1.54, 1.807) is 0 Å². The molecule has 1 aromatic rings. The van der Waals surface area contributed by atoms with Gasteiger partial charge in [0.05, 0.1) is 23.2 Å². The summed E-state index contributed by atoms with van der Waals surface area (Å²) in [5.41, 5.74) is 0. The van der Waals surface area contributed by atoms with Crippen LogP contribution in [-0.2, 0) is 9.84 Å². The largest absolute Gasteiger partial charge is 0.363 e. The zero-order chi connectivity index (χ0) is 10.2. The van der Waals surface area contributed by atoms with Gasteiger partial charge in [-0.25, -0.2) is 8.42 Å². The predicted octanol–water partition coefficient (Wildman–Crippen LogP) is 0.790. The van der Waals surface area contributed by atoms with E-state index in [0.29, 0.717) is 17.4 Å². The minimum Gasteiger partial charge on any atom is -0.363 e. The lowest BCUT2D eigenvalue weighted by molar-refractivity contribution is 0.602. The van der Waals surface area contributed by atoms with Crippen LogP contribution in [0.2, 0.25) is 5.15 Å². The molecule has 1 aliphatic rings. The number of nitrogens with one attached hydrogen (secondary N) is 1. The molecule has 1 aliphatic heterocycles. The van der Waals surface area contributed by atoms with Crippen LogP contribution in [0.1, 0.15) is 6.42 Å². The first-order valence-corrected chi connectivity index (χ1v) is 6.95. The maximum absolute atomic E-state index is 11.1. The Labute approximate surface area is 90.7 Å². The Morgan fingerprint density at radius 3 is 2.79 bits per heavy atom. The number of hydrogen-bond acceptors (Lipinski definition) is 6. The van der Waals surface area contributed by atoms with Crippen LogP contribution in [0.15, 0.2) is 0 Å². The molecule has 0 aromatic carbocycles. The monoisotopic (exact) mass is 253 g/mol. The van der Waals surface area contributed by atoms with E-state index in [1.165, 1.54) is 0 Å². The summed E-state index contributed by atoms with van der Waals surface area (Å²) in [5.74, 6) is 0.875. The van der Waals surface area contributed by atoms with Crippen molar-refractivity contribution in [1.29, 1.82) is 0 Å². The summed E-state index contributed by atoms with van der Waals surface area (Å²) < 4.78 is 30.0. The molecule has 78 valence electrons. The van der Waals surface area contributed by atoms with Crippen molar-refractivity contribution in [3.05, 3.63) is 5.15 Å². The van der Waals surface area contributed by atoms with E-state index >= 15 is 0 Å². The van der Waals surface area contributed by atoms with Crippen molar-refractivity contribution in [2.75, 3.05) is 16.8 Å².